The van der Waals surface area contributed by atoms with Gasteiger partial charge in [0.15, 0.2) is 0 Å². The average molecular weight is 452 g/mol. The molecule has 0 bridgehead atoms. The quantitative estimate of drug-likeness (QED) is 0.752. The molecule has 1 amide bonds. The van der Waals surface area contributed by atoms with Gasteiger partial charge >= 0.3 is 0 Å². The lowest BCUT2D eigenvalue weighted by molar-refractivity contribution is 0.0812. The largest absolute Gasteiger partial charge is 0.490 e. The smallest absolute Gasteiger partial charge is 0.273 e. The number of anilines is 1. The second kappa shape index (κ2) is 7.68. The van der Waals surface area contributed by atoms with Crippen molar-refractivity contribution in [3.05, 3.63) is 34.5 Å². The minimum Gasteiger partial charge on any atom is -0.490 e. The van der Waals surface area contributed by atoms with Crippen LogP contribution in [0.15, 0.2) is 18.2 Å². The highest BCUT2D eigenvalue weighted by atomic mass is 35.5. The summed E-state index contributed by atoms with van der Waals surface area (Å²) in [6.07, 6.45) is 2.16. The number of sulfonamides is 1. The molecule has 2 aliphatic rings. The van der Waals surface area contributed by atoms with Gasteiger partial charge in [0.2, 0.25) is 16.0 Å². The Morgan fingerprint density at radius 1 is 1.20 bits per heavy atom. The van der Waals surface area contributed by atoms with Crippen LogP contribution < -0.4 is 10.5 Å². The summed E-state index contributed by atoms with van der Waals surface area (Å²) in [5, 5.41) is 0.420. The number of benzene rings is 1. The number of aromatic nitrogens is 2. The summed E-state index contributed by atoms with van der Waals surface area (Å²) in [6.45, 7) is 1.14. The van der Waals surface area contributed by atoms with E-state index in [-0.39, 0.29) is 23.7 Å². The van der Waals surface area contributed by atoms with E-state index in [0.717, 1.165) is 0 Å². The van der Waals surface area contributed by atoms with Crippen LogP contribution in [0, 0.1) is 0 Å². The van der Waals surface area contributed by atoms with Crippen LogP contribution in [-0.4, -0.2) is 66.0 Å². The summed E-state index contributed by atoms with van der Waals surface area (Å²) in [5.41, 5.74) is 7.83. The fraction of sp³-hybridized carbons (Fsp3) is 0.421. The molecule has 11 heteroatoms. The van der Waals surface area contributed by atoms with E-state index in [1.165, 1.54) is 10.6 Å². The van der Waals surface area contributed by atoms with Crippen molar-refractivity contribution in [1.29, 1.82) is 0 Å². The molecule has 160 valence electrons. The van der Waals surface area contributed by atoms with Crippen molar-refractivity contribution in [3.8, 4) is 17.0 Å². The zero-order valence-electron chi connectivity index (χ0n) is 16.6. The predicted molar refractivity (Wildman–Crippen MR) is 113 cm³/mol. The third-order valence-corrected chi connectivity index (χ3v) is 6.96. The molecule has 1 aromatic heterocycles. The first-order valence-corrected chi connectivity index (χ1v) is 11.7. The molecule has 0 aliphatic carbocycles. The van der Waals surface area contributed by atoms with Gasteiger partial charge in [-0.3, -0.25) is 4.79 Å². The van der Waals surface area contributed by atoms with Gasteiger partial charge in [0.1, 0.15) is 17.5 Å². The Balaban J connectivity index is 1.68. The highest BCUT2D eigenvalue weighted by Crippen LogP contribution is 2.41. The Morgan fingerprint density at radius 3 is 2.53 bits per heavy atom. The van der Waals surface area contributed by atoms with E-state index < -0.39 is 10.0 Å². The topological polar surface area (TPSA) is 119 Å². The number of halogens is 1. The molecule has 3 heterocycles. The third kappa shape index (κ3) is 3.82. The molecule has 1 aromatic carbocycles. The predicted octanol–water partition coefficient (Wildman–Crippen LogP) is 1.77. The maximum Gasteiger partial charge on any atom is 0.273 e. The molecule has 2 N–H and O–H groups in total. The number of piperidine rings is 1. The van der Waals surface area contributed by atoms with Crippen LogP contribution in [0.2, 0.25) is 5.02 Å². The first-order valence-electron chi connectivity index (χ1n) is 9.47. The molecule has 0 atom stereocenters. The van der Waals surface area contributed by atoms with Gasteiger partial charge in [-0.2, -0.15) is 0 Å². The van der Waals surface area contributed by atoms with E-state index in [2.05, 4.69) is 9.97 Å². The Morgan fingerprint density at radius 2 is 1.87 bits per heavy atom. The normalized spacial score (nSPS) is 18.0. The minimum absolute atomic E-state index is 0.0141. The number of nitrogens with two attached hydrogens (primary N) is 1. The van der Waals surface area contributed by atoms with E-state index in [4.69, 9.17) is 22.1 Å². The van der Waals surface area contributed by atoms with Crippen LogP contribution >= 0.6 is 11.6 Å². The van der Waals surface area contributed by atoms with Gasteiger partial charge in [-0.25, -0.2) is 22.7 Å². The van der Waals surface area contributed by atoms with E-state index in [0.29, 0.717) is 60.1 Å². The molecule has 2 aliphatic heterocycles. The Hall–Kier alpha value is -2.43. The van der Waals surface area contributed by atoms with Crippen LogP contribution in [0.4, 0.5) is 5.95 Å². The molecule has 9 nitrogen and oxygen atoms in total. The molecule has 1 saturated heterocycles. The zero-order chi connectivity index (χ0) is 21.6. The van der Waals surface area contributed by atoms with Gasteiger partial charge < -0.3 is 15.4 Å². The highest BCUT2D eigenvalue weighted by molar-refractivity contribution is 7.88. The second-order valence-corrected chi connectivity index (χ2v) is 9.90. The number of nitrogen functional groups attached to an aromatic ring is 1. The lowest BCUT2D eigenvalue weighted by Crippen LogP contribution is -2.41. The second-order valence-electron chi connectivity index (χ2n) is 7.51. The van der Waals surface area contributed by atoms with Gasteiger partial charge in [0.05, 0.1) is 29.1 Å². The number of carbonyl (C=O) groups is 1. The van der Waals surface area contributed by atoms with Crippen LogP contribution in [0.5, 0.6) is 5.75 Å². The van der Waals surface area contributed by atoms with Crippen molar-refractivity contribution < 1.29 is 17.9 Å². The number of rotatable bonds is 4. The Bertz CT molecular complexity index is 1120. The number of nitrogens with zero attached hydrogens (tertiary/aromatic N) is 4. The molecule has 2 aromatic rings. The van der Waals surface area contributed by atoms with Crippen molar-refractivity contribution in [3.63, 3.8) is 0 Å². The molecular weight excluding hydrogens is 430 g/mol. The standard InChI is InChI=1S/C19H22ClN5O4S/c1-24-10-12-16(22-19(21)23-17(12)18(24)26)15-13(20)4-3-5-14(15)29-11-6-8-25(9-7-11)30(2,27)28/h3-5,11H,6-10H2,1-2H3,(H2,21,22,23). The van der Waals surface area contributed by atoms with E-state index in [9.17, 15) is 13.2 Å². The van der Waals surface area contributed by atoms with Gasteiger partial charge in [0, 0.05) is 25.7 Å². The lowest BCUT2D eigenvalue weighted by atomic mass is 10.0. The Kier molecular flexibility index (Phi) is 5.33. The van der Waals surface area contributed by atoms with Gasteiger partial charge in [0.25, 0.3) is 5.91 Å². The summed E-state index contributed by atoms with van der Waals surface area (Å²) in [4.78, 5) is 22.4. The van der Waals surface area contributed by atoms with Crippen molar-refractivity contribution in [2.45, 2.75) is 25.5 Å². The van der Waals surface area contributed by atoms with E-state index >= 15 is 0 Å². The van der Waals surface area contributed by atoms with Gasteiger partial charge in [-0.15, -0.1) is 0 Å². The average Bonchev–Trinajstić information content (AvgIpc) is 2.96. The van der Waals surface area contributed by atoms with Crippen LogP contribution in [0.25, 0.3) is 11.3 Å². The summed E-state index contributed by atoms with van der Waals surface area (Å²) < 4.78 is 31.2. The molecule has 0 spiro atoms. The molecule has 30 heavy (non-hydrogen) atoms. The number of amides is 1. The van der Waals surface area contributed by atoms with Crippen molar-refractivity contribution in [2.24, 2.45) is 0 Å². The van der Waals surface area contributed by atoms with Gasteiger partial charge in [-0.05, 0) is 25.0 Å². The monoisotopic (exact) mass is 451 g/mol. The summed E-state index contributed by atoms with van der Waals surface area (Å²) in [5.74, 6) is 0.283. The summed E-state index contributed by atoms with van der Waals surface area (Å²) in [7, 11) is -1.53. The molecule has 0 saturated carbocycles. The van der Waals surface area contributed by atoms with Crippen LogP contribution in [0.3, 0.4) is 0 Å². The van der Waals surface area contributed by atoms with E-state index in [1.54, 1.807) is 30.1 Å². The van der Waals surface area contributed by atoms with Crippen LogP contribution in [-0.2, 0) is 16.6 Å². The molecule has 1 fully saturated rings. The SMILES string of the molecule is CN1Cc2c(nc(N)nc2-c2c(Cl)cccc2OC2CCN(S(C)(=O)=O)CC2)C1=O. The van der Waals surface area contributed by atoms with E-state index in [1.807, 2.05) is 0 Å². The maximum atomic E-state index is 12.4. The third-order valence-electron chi connectivity index (χ3n) is 5.34. The first kappa shape index (κ1) is 20.8. The number of fused-ring (bicyclic) bond motifs is 1. The fourth-order valence-electron chi connectivity index (χ4n) is 3.82. The summed E-state index contributed by atoms with van der Waals surface area (Å²) in [6, 6.07) is 5.28. The van der Waals surface area contributed by atoms with Crippen molar-refractivity contribution in [1.82, 2.24) is 19.2 Å². The number of ether oxygens (including phenoxy) is 1. The number of hydrogen-bond acceptors (Lipinski definition) is 7. The van der Waals surface area contributed by atoms with Gasteiger partial charge in [-0.1, -0.05) is 17.7 Å². The van der Waals surface area contributed by atoms with Crippen LogP contribution in [0.1, 0.15) is 28.9 Å². The maximum absolute atomic E-state index is 12.4. The highest BCUT2D eigenvalue weighted by Gasteiger charge is 2.33. The molecular formula is C19H22ClN5O4S. The lowest BCUT2D eigenvalue weighted by Gasteiger charge is -2.31. The number of carbonyl (C=O) groups excluding carboxylic acids is 1. The zero-order valence-corrected chi connectivity index (χ0v) is 18.2. The Labute approximate surface area is 179 Å². The molecule has 0 radical (unpaired) electrons. The van der Waals surface area contributed by atoms with Crippen molar-refractivity contribution >= 4 is 33.5 Å². The summed E-state index contributed by atoms with van der Waals surface area (Å²) >= 11 is 6.52. The molecule has 0 unspecified atom stereocenters. The minimum atomic E-state index is -3.21. The first-order chi connectivity index (χ1) is 14.1. The molecule has 4 rings (SSSR count). The fourth-order valence-corrected chi connectivity index (χ4v) is 4.95. The van der Waals surface area contributed by atoms with Crippen molar-refractivity contribution in [2.75, 3.05) is 32.1 Å². The number of hydrogen-bond donors (Lipinski definition) is 1.